The number of hydrogen-bond acceptors (Lipinski definition) is 4. The van der Waals surface area contributed by atoms with Gasteiger partial charge in [0.05, 0.1) is 0 Å². The summed E-state index contributed by atoms with van der Waals surface area (Å²) in [6.45, 7) is 9.68. The van der Waals surface area contributed by atoms with Gasteiger partial charge < -0.3 is 0 Å². The minimum absolute atomic E-state index is 0.0439. The van der Waals surface area contributed by atoms with E-state index in [4.69, 9.17) is 4.74 Å². The van der Waals surface area contributed by atoms with Crippen molar-refractivity contribution in [1.82, 2.24) is 9.80 Å². The Bertz CT molecular complexity index is 337. The molecule has 1 saturated heterocycles. The molecule has 0 aromatic heterocycles. The third-order valence-corrected chi connectivity index (χ3v) is 4.57. The van der Waals surface area contributed by atoms with Crippen LogP contribution in [0.3, 0.4) is 0 Å². The summed E-state index contributed by atoms with van der Waals surface area (Å²) in [7, 11) is 3.44. The van der Waals surface area contributed by atoms with Crippen LogP contribution in [0.25, 0.3) is 0 Å². The number of hydrogen-bond donors (Lipinski definition) is 0. The third-order valence-electron chi connectivity index (χ3n) is 3.61. The van der Waals surface area contributed by atoms with Crippen LogP contribution in [0, 0.1) is 0 Å². The van der Waals surface area contributed by atoms with Gasteiger partial charge in [-0.2, -0.15) is 0 Å². The Hall–Kier alpha value is -0.178. The topological polar surface area (TPSA) is 49.9 Å². The summed E-state index contributed by atoms with van der Waals surface area (Å²) in [5, 5.41) is 0. The number of likely N-dealkylation sites (tertiary alicyclic amines) is 1. The molecule has 1 heterocycles. The van der Waals surface area contributed by atoms with Crippen molar-refractivity contribution in [2.45, 2.75) is 56.1 Å². The van der Waals surface area contributed by atoms with Crippen LogP contribution in [0.5, 0.6) is 0 Å². The van der Waals surface area contributed by atoms with Gasteiger partial charge in [0.25, 0.3) is 0 Å². The molecule has 1 aliphatic rings. The predicted molar refractivity (Wildman–Crippen MR) is 85.4 cm³/mol. The third kappa shape index (κ3) is 5.84. The molecule has 1 fully saturated rings. The van der Waals surface area contributed by atoms with Gasteiger partial charge in [0.2, 0.25) is 0 Å². The fourth-order valence-electron chi connectivity index (χ4n) is 2.52. The van der Waals surface area contributed by atoms with Crippen LogP contribution in [0.4, 0.5) is 0 Å². The molecule has 121 valence electrons. The number of carbonyl (C=O) groups is 2. The van der Waals surface area contributed by atoms with E-state index in [1.54, 1.807) is 4.90 Å². The fraction of sp³-hybridized carbons (Fsp3) is 0.867. The van der Waals surface area contributed by atoms with Crippen molar-refractivity contribution in [2.75, 3.05) is 27.2 Å². The Morgan fingerprint density at radius 1 is 1.43 bits per heavy atom. The van der Waals surface area contributed by atoms with Crippen molar-refractivity contribution in [3.63, 3.8) is 0 Å². The van der Waals surface area contributed by atoms with E-state index in [9.17, 15) is 9.59 Å². The quantitative estimate of drug-likeness (QED) is 0.431. The van der Waals surface area contributed by atoms with Crippen molar-refractivity contribution in [2.24, 2.45) is 0 Å². The number of ether oxygens (including phenoxy) is 1. The molecule has 0 N–H and O–H groups in total. The number of esters is 1. The zero-order valence-electron chi connectivity index (χ0n) is 14.2. The Morgan fingerprint density at radius 2 is 2.00 bits per heavy atom. The van der Waals surface area contributed by atoms with Gasteiger partial charge in [0.1, 0.15) is 0 Å². The van der Waals surface area contributed by atoms with Crippen molar-refractivity contribution < 1.29 is 14.3 Å². The second-order valence-electron chi connectivity index (χ2n) is 5.12. The van der Waals surface area contributed by atoms with Gasteiger partial charge in [-0.25, -0.2) is 0 Å². The van der Waals surface area contributed by atoms with Crippen LogP contribution in [0.1, 0.15) is 40.5 Å². The molecule has 0 aliphatic carbocycles. The van der Waals surface area contributed by atoms with Crippen molar-refractivity contribution >= 4 is 37.6 Å². The molecular weight excluding hydrogens is 463 g/mol. The Kier molecular flexibility index (Phi) is 10.4. The average Bonchev–Trinajstić information content (AvgIpc) is 2.93. The SMILES string of the molecule is CC.CCCN(C)C1CC(C(=O)OC)N(C(=O)[CH](C)[Pb])C1. The maximum absolute atomic E-state index is 12.2. The van der Waals surface area contributed by atoms with E-state index >= 15 is 0 Å². The monoisotopic (exact) mass is 493 g/mol. The number of methoxy groups -OCH3 is 1. The molecule has 3 unspecified atom stereocenters. The van der Waals surface area contributed by atoms with Crippen LogP contribution in [0.2, 0.25) is 3.48 Å². The number of amides is 1. The summed E-state index contributed by atoms with van der Waals surface area (Å²) >= 11 is 0.810. The van der Waals surface area contributed by atoms with Gasteiger partial charge in [-0.05, 0) is 0 Å². The molecule has 3 radical (unpaired) electrons. The fourth-order valence-corrected chi connectivity index (χ4v) is 3.16. The summed E-state index contributed by atoms with van der Waals surface area (Å²) in [6.07, 6.45) is 1.75. The normalized spacial score (nSPS) is 22.6. The summed E-state index contributed by atoms with van der Waals surface area (Å²) in [4.78, 5) is 28.1. The van der Waals surface area contributed by atoms with Crippen molar-refractivity contribution in [3.8, 4) is 0 Å². The van der Waals surface area contributed by atoms with Gasteiger partial charge in [0, 0.05) is 0 Å². The second-order valence-corrected chi connectivity index (χ2v) is 8.49. The summed E-state index contributed by atoms with van der Waals surface area (Å²) < 4.78 is 4.89. The molecule has 3 atom stereocenters. The summed E-state index contributed by atoms with van der Waals surface area (Å²) in [5.41, 5.74) is 0. The Balaban J connectivity index is 0.00000191. The van der Waals surface area contributed by atoms with Crippen molar-refractivity contribution in [1.29, 1.82) is 0 Å². The first-order valence-electron chi connectivity index (χ1n) is 7.72. The number of carbonyl (C=O) groups excluding carboxylic acids is 2. The van der Waals surface area contributed by atoms with Crippen LogP contribution >= 0.6 is 0 Å². The molecular formula is C15H29N2O3Pb. The molecule has 1 amide bonds. The molecule has 5 nitrogen and oxygen atoms in total. The van der Waals surface area contributed by atoms with Gasteiger partial charge in [-0.3, -0.25) is 0 Å². The van der Waals surface area contributed by atoms with E-state index in [0.717, 1.165) is 38.7 Å². The zero-order chi connectivity index (χ0) is 16.6. The maximum atomic E-state index is 12.2. The van der Waals surface area contributed by atoms with Gasteiger partial charge in [-0.15, -0.1) is 0 Å². The molecule has 0 aromatic carbocycles. The molecule has 0 saturated carbocycles. The van der Waals surface area contributed by atoms with Crippen LogP contribution in [-0.4, -0.2) is 86.8 Å². The average molecular weight is 493 g/mol. The van der Waals surface area contributed by atoms with E-state index in [-0.39, 0.29) is 21.4 Å². The van der Waals surface area contributed by atoms with E-state index in [2.05, 4.69) is 18.9 Å². The Labute approximate surface area is 145 Å². The van der Waals surface area contributed by atoms with E-state index < -0.39 is 6.04 Å². The Morgan fingerprint density at radius 3 is 2.43 bits per heavy atom. The van der Waals surface area contributed by atoms with E-state index in [1.807, 2.05) is 20.8 Å². The number of rotatable bonds is 5. The molecule has 0 spiro atoms. The first kappa shape index (κ1) is 20.8. The number of likely N-dealkylation sites (N-methyl/N-ethyl adjacent to an activating group) is 1. The second kappa shape index (κ2) is 10.5. The van der Waals surface area contributed by atoms with Crippen LogP contribution in [-0.2, 0) is 14.3 Å². The van der Waals surface area contributed by atoms with Crippen LogP contribution < -0.4 is 0 Å². The minimum atomic E-state index is -0.404. The summed E-state index contributed by atoms with van der Waals surface area (Å²) in [5.74, 6) is -0.197. The zero-order valence-corrected chi connectivity index (χ0v) is 18.1. The first-order valence-corrected chi connectivity index (χ1v) is 9.96. The van der Waals surface area contributed by atoms with Gasteiger partial charge in [-0.1, -0.05) is 13.8 Å². The molecule has 1 aliphatic heterocycles. The summed E-state index contributed by atoms with van der Waals surface area (Å²) in [6, 6.07) is -0.147. The van der Waals surface area contributed by atoms with Gasteiger partial charge >= 0.3 is 131 Å². The molecule has 6 heteroatoms. The molecule has 0 bridgehead atoms. The van der Waals surface area contributed by atoms with Crippen LogP contribution in [0.15, 0.2) is 0 Å². The van der Waals surface area contributed by atoms with Crippen molar-refractivity contribution in [3.05, 3.63) is 0 Å². The molecule has 21 heavy (non-hydrogen) atoms. The predicted octanol–water partition coefficient (Wildman–Crippen LogP) is 1.47. The first-order chi connectivity index (χ1) is 9.92. The molecule has 1 rings (SSSR count). The van der Waals surface area contributed by atoms with Gasteiger partial charge in [0.15, 0.2) is 0 Å². The number of nitrogens with zero attached hydrogens (tertiary/aromatic N) is 2. The van der Waals surface area contributed by atoms with E-state index in [0.29, 0.717) is 13.0 Å². The van der Waals surface area contributed by atoms with E-state index in [1.165, 1.54) is 7.11 Å². The molecule has 0 aromatic rings. The standard InChI is InChI=1S/C13H23N2O3.C2H6.Pb/c1-5-7-14(3)10-8-11(13(17)18-4)15(9-10)12(16)6-2;1-2;/h6,10-11H,5,7-9H2,1-4H3;1-2H3;.